The smallest absolute Gasteiger partial charge is 0.320 e. The predicted octanol–water partition coefficient (Wildman–Crippen LogP) is 0.269. The first-order valence-electron chi connectivity index (χ1n) is 4.99. The number of hydrogen-bond acceptors (Lipinski definition) is 2. The molecule has 0 spiro atoms. The van der Waals surface area contributed by atoms with Gasteiger partial charge in [-0.3, -0.25) is 0 Å². The highest BCUT2D eigenvalue weighted by Crippen LogP contribution is 2.29. The van der Waals surface area contributed by atoms with Gasteiger partial charge in [0.1, 0.15) is 0 Å². The molecule has 2 aliphatic rings. The van der Waals surface area contributed by atoms with E-state index in [2.05, 4.69) is 0 Å². The summed E-state index contributed by atoms with van der Waals surface area (Å²) in [5.41, 5.74) is 0. The minimum atomic E-state index is 0.174. The highest BCUT2D eigenvalue weighted by molar-refractivity contribution is 5.77. The Bertz CT molecular complexity index is 204. The van der Waals surface area contributed by atoms with Crippen LogP contribution >= 0.6 is 0 Å². The fourth-order valence-electron chi connectivity index (χ4n) is 1.80. The molecule has 2 rings (SSSR count). The Kier molecular flexibility index (Phi) is 2.40. The second-order valence-electron chi connectivity index (χ2n) is 3.77. The lowest BCUT2D eigenvalue weighted by Crippen LogP contribution is -2.33. The second kappa shape index (κ2) is 3.54. The van der Waals surface area contributed by atoms with E-state index in [1.807, 2.05) is 9.80 Å². The van der Waals surface area contributed by atoms with Crippen LogP contribution in [0, 0.1) is 0 Å². The van der Waals surface area contributed by atoms with Crippen molar-refractivity contribution in [1.29, 1.82) is 0 Å². The molecule has 4 nitrogen and oxygen atoms in total. The average Bonchev–Trinajstić information content (AvgIpc) is 2.89. The third kappa shape index (κ3) is 1.77. The SMILES string of the molecule is O=C1N(CCCO)CCN1C1CC1. The van der Waals surface area contributed by atoms with Crippen LogP contribution in [0.1, 0.15) is 19.3 Å². The molecule has 1 aliphatic carbocycles. The normalized spacial score (nSPS) is 23.0. The van der Waals surface area contributed by atoms with Crippen LogP contribution in [0.25, 0.3) is 0 Å². The third-order valence-electron chi connectivity index (χ3n) is 2.70. The maximum Gasteiger partial charge on any atom is 0.320 e. The van der Waals surface area contributed by atoms with Crippen molar-refractivity contribution in [3.8, 4) is 0 Å². The van der Waals surface area contributed by atoms with Crippen LogP contribution in [0.2, 0.25) is 0 Å². The molecule has 2 fully saturated rings. The first kappa shape index (κ1) is 8.81. The quantitative estimate of drug-likeness (QED) is 0.681. The van der Waals surface area contributed by atoms with Crippen LogP contribution in [-0.4, -0.2) is 53.2 Å². The molecule has 74 valence electrons. The molecule has 0 unspecified atom stereocenters. The number of amides is 2. The van der Waals surface area contributed by atoms with Crippen LogP contribution in [0.15, 0.2) is 0 Å². The highest BCUT2D eigenvalue weighted by atomic mass is 16.3. The molecule has 0 atom stereocenters. The fraction of sp³-hybridized carbons (Fsp3) is 0.889. The summed E-state index contributed by atoms with van der Waals surface area (Å²) >= 11 is 0. The molecule has 1 heterocycles. The number of hydrogen-bond donors (Lipinski definition) is 1. The van der Waals surface area contributed by atoms with Crippen LogP contribution in [-0.2, 0) is 0 Å². The molecule has 2 amide bonds. The summed E-state index contributed by atoms with van der Waals surface area (Å²) < 4.78 is 0. The van der Waals surface area contributed by atoms with Crippen molar-refractivity contribution < 1.29 is 9.90 Å². The maximum absolute atomic E-state index is 11.7. The lowest BCUT2D eigenvalue weighted by Gasteiger charge is -2.17. The summed E-state index contributed by atoms with van der Waals surface area (Å²) in [7, 11) is 0. The van der Waals surface area contributed by atoms with Gasteiger partial charge in [-0.2, -0.15) is 0 Å². The van der Waals surface area contributed by atoms with Crippen molar-refractivity contribution in [1.82, 2.24) is 9.80 Å². The number of nitrogens with zero attached hydrogens (tertiary/aromatic N) is 2. The van der Waals surface area contributed by atoms with Crippen LogP contribution in [0.3, 0.4) is 0 Å². The monoisotopic (exact) mass is 184 g/mol. The lowest BCUT2D eigenvalue weighted by atomic mass is 10.4. The Balaban J connectivity index is 1.83. The van der Waals surface area contributed by atoms with E-state index >= 15 is 0 Å². The lowest BCUT2D eigenvalue weighted by molar-refractivity contribution is 0.185. The molecule has 0 aromatic heterocycles. The molecule has 0 aromatic rings. The zero-order valence-corrected chi connectivity index (χ0v) is 7.78. The van der Waals surface area contributed by atoms with E-state index in [1.165, 1.54) is 12.8 Å². The van der Waals surface area contributed by atoms with Crippen molar-refractivity contribution in [3.05, 3.63) is 0 Å². The molecule has 1 aliphatic heterocycles. The standard InChI is InChI=1S/C9H16N2O2/c12-7-1-4-10-5-6-11(9(10)13)8-2-3-8/h8,12H,1-7H2. The molecule has 1 saturated carbocycles. The Labute approximate surface area is 78.1 Å². The number of rotatable bonds is 4. The highest BCUT2D eigenvalue weighted by Gasteiger charge is 2.38. The van der Waals surface area contributed by atoms with Crippen molar-refractivity contribution >= 4 is 6.03 Å². The Morgan fingerprint density at radius 1 is 1.38 bits per heavy atom. The summed E-state index contributed by atoms with van der Waals surface area (Å²) in [4.78, 5) is 15.5. The first-order valence-corrected chi connectivity index (χ1v) is 4.99. The molecule has 13 heavy (non-hydrogen) atoms. The number of carbonyl (C=O) groups excluding carboxylic acids is 1. The maximum atomic E-state index is 11.7. The minimum absolute atomic E-state index is 0.174. The Morgan fingerprint density at radius 3 is 2.77 bits per heavy atom. The van der Waals surface area contributed by atoms with Gasteiger partial charge in [0.25, 0.3) is 0 Å². The van der Waals surface area contributed by atoms with Crippen molar-refractivity contribution in [3.63, 3.8) is 0 Å². The van der Waals surface area contributed by atoms with E-state index in [0.717, 1.165) is 13.1 Å². The number of aliphatic hydroxyl groups is 1. The molecule has 4 heteroatoms. The van der Waals surface area contributed by atoms with Crippen molar-refractivity contribution in [2.24, 2.45) is 0 Å². The largest absolute Gasteiger partial charge is 0.396 e. The molecular weight excluding hydrogens is 168 g/mol. The third-order valence-corrected chi connectivity index (χ3v) is 2.70. The van der Waals surface area contributed by atoms with Crippen molar-refractivity contribution in [2.75, 3.05) is 26.2 Å². The van der Waals surface area contributed by atoms with Crippen LogP contribution in [0.5, 0.6) is 0 Å². The Hall–Kier alpha value is -0.770. The summed E-state index contributed by atoms with van der Waals surface area (Å²) in [6.07, 6.45) is 3.06. The fourth-order valence-corrected chi connectivity index (χ4v) is 1.80. The van der Waals surface area contributed by atoms with Gasteiger partial charge in [-0.05, 0) is 19.3 Å². The van der Waals surface area contributed by atoms with E-state index in [9.17, 15) is 4.79 Å². The molecule has 0 bridgehead atoms. The number of carbonyl (C=O) groups is 1. The van der Waals surface area contributed by atoms with Gasteiger partial charge in [-0.1, -0.05) is 0 Å². The van der Waals surface area contributed by atoms with Gasteiger partial charge in [-0.15, -0.1) is 0 Å². The van der Waals surface area contributed by atoms with Crippen LogP contribution < -0.4 is 0 Å². The zero-order chi connectivity index (χ0) is 9.26. The number of aliphatic hydroxyl groups excluding tert-OH is 1. The van der Waals surface area contributed by atoms with Gasteiger partial charge in [-0.25, -0.2) is 4.79 Å². The summed E-state index contributed by atoms with van der Waals surface area (Å²) in [6, 6.07) is 0.711. The Morgan fingerprint density at radius 2 is 2.15 bits per heavy atom. The molecule has 0 aromatic carbocycles. The van der Waals surface area contributed by atoms with Gasteiger partial charge in [0.2, 0.25) is 0 Å². The van der Waals surface area contributed by atoms with E-state index in [0.29, 0.717) is 19.0 Å². The van der Waals surface area contributed by atoms with E-state index < -0.39 is 0 Å². The molecule has 1 saturated heterocycles. The van der Waals surface area contributed by atoms with Crippen LogP contribution in [0.4, 0.5) is 4.79 Å². The van der Waals surface area contributed by atoms with Gasteiger partial charge in [0, 0.05) is 32.3 Å². The second-order valence-corrected chi connectivity index (χ2v) is 3.77. The van der Waals surface area contributed by atoms with Gasteiger partial charge >= 0.3 is 6.03 Å². The average molecular weight is 184 g/mol. The van der Waals surface area contributed by atoms with E-state index in [1.54, 1.807) is 0 Å². The molecular formula is C9H16N2O2. The minimum Gasteiger partial charge on any atom is -0.396 e. The van der Waals surface area contributed by atoms with Gasteiger partial charge in [0.05, 0.1) is 0 Å². The predicted molar refractivity (Wildman–Crippen MR) is 48.4 cm³/mol. The number of urea groups is 1. The topological polar surface area (TPSA) is 43.8 Å². The molecule has 0 radical (unpaired) electrons. The summed E-state index contributed by atoms with van der Waals surface area (Å²) in [6.45, 7) is 2.61. The zero-order valence-electron chi connectivity index (χ0n) is 7.78. The first-order chi connectivity index (χ1) is 6.33. The summed E-state index contributed by atoms with van der Waals surface area (Å²) in [5, 5.41) is 8.65. The van der Waals surface area contributed by atoms with Gasteiger partial charge in [0.15, 0.2) is 0 Å². The van der Waals surface area contributed by atoms with E-state index in [-0.39, 0.29) is 12.6 Å². The summed E-state index contributed by atoms with van der Waals surface area (Å²) in [5.74, 6) is 0. The van der Waals surface area contributed by atoms with E-state index in [4.69, 9.17) is 5.11 Å². The van der Waals surface area contributed by atoms with Crippen molar-refractivity contribution in [2.45, 2.75) is 25.3 Å². The molecule has 1 N–H and O–H groups in total. The van der Waals surface area contributed by atoms with Gasteiger partial charge < -0.3 is 14.9 Å².